The summed E-state index contributed by atoms with van der Waals surface area (Å²) < 4.78 is 5.00. The molecule has 1 unspecified atom stereocenters. The fourth-order valence-corrected chi connectivity index (χ4v) is 1.40. The van der Waals surface area contributed by atoms with E-state index in [0.717, 1.165) is 0 Å². The first-order chi connectivity index (χ1) is 7.64. The number of quaternary nitrogens is 1. The molecule has 0 spiro atoms. The molecule has 0 aromatic rings. The lowest BCUT2D eigenvalue weighted by Gasteiger charge is -2.29. The number of esters is 1. The highest BCUT2D eigenvalue weighted by molar-refractivity contribution is 5.71. The topological polar surface area (TPSA) is 83.8 Å². The first kappa shape index (κ1) is 15.9. The van der Waals surface area contributed by atoms with Gasteiger partial charge in [-0.05, 0) is 0 Å². The van der Waals surface area contributed by atoms with Crippen LogP contribution in [-0.2, 0) is 14.3 Å². The molecule has 0 aliphatic rings. The highest BCUT2D eigenvalue weighted by atomic mass is 16.5. The van der Waals surface area contributed by atoms with Gasteiger partial charge in [0.2, 0.25) is 0 Å². The molecule has 17 heavy (non-hydrogen) atoms. The van der Waals surface area contributed by atoms with Gasteiger partial charge in [-0.25, -0.2) is 4.79 Å². The second-order valence-electron chi connectivity index (χ2n) is 5.11. The van der Waals surface area contributed by atoms with Gasteiger partial charge in [0, 0.05) is 0 Å². The SMILES string of the molecule is CC(C)C(=O)OCC(O)C[N+](C)(C)CC(=O)O. The molecule has 0 rings (SSSR count). The third-order valence-corrected chi connectivity index (χ3v) is 2.16. The largest absolute Gasteiger partial charge is 0.477 e. The maximum atomic E-state index is 11.2. The summed E-state index contributed by atoms with van der Waals surface area (Å²) in [6.07, 6.45) is -0.855. The van der Waals surface area contributed by atoms with Crippen molar-refractivity contribution < 1.29 is 29.0 Å². The van der Waals surface area contributed by atoms with E-state index in [0.29, 0.717) is 0 Å². The van der Waals surface area contributed by atoms with Crippen LogP contribution in [0.1, 0.15) is 13.8 Å². The van der Waals surface area contributed by atoms with E-state index in [2.05, 4.69) is 0 Å². The Bertz CT molecular complexity index is 275. The van der Waals surface area contributed by atoms with Gasteiger partial charge in [-0.3, -0.25) is 4.79 Å². The second kappa shape index (κ2) is 6.56. The monoisotopic (exact) mass is 248 g/mol. The van der Waals surface area contributed by atoms with Crippen LogP contribution < -0.4 is 0 Å². The van der Waals surface area contributed by atoms with Gasteiger partial charge in [-0.15, -0.1) is 0 Å². The fraction of sp³-hybridized carbons (Fsp3) is 0.818. The molecule has 100 valence electrons. The van der Waals surface area contributed by atoms with Crippen LogP contribution in [0.2, 0.25) is 0 Å². The van der Waals surface area contributed by atoms with Gasteiger partial charge in [0.05, 0.1) is 20.0 Å². The minimum Gasteiger partial charge on any atom is -0.477 e. The average Bonchev–Trinajstić information content (AvgIpc) is 2.10. The van der Waals surface area contributed by atoms with E-state index in [9.17, 15) is 14.7 Å². The van der Waals surface area contributed by atoms with Crippen LogP contribution in [0, 0.1) is 5.92 Å². The standard InChI is InChI=1S/C11H21NO5/c1-8(2)11(16)17-7-9(13)5-12(3,4)6-10(14)15/h8-9,13H,5-7H2,1-4H3/p+1. The number of carboxylic acid groups (broad SMARTS) is 1. The molecule has 1 atom stereocenters. The zero-order chi connectivity index (χ0) is 13.6. The first-order valence-electron chi connectivity index (χ1n) is 5.52. The van der Waals surface area contributed by atoms with Crippen LogP contribution in [0.5, 0.6) is 0 Å². The third-order valence-electron chi connectivity index (χ3n) is 2.16. The molecular formula is C11H22NO5+. The molecule has 0 saturated carbocycles. The summed E-state index contributed by atoms with van der Waals surface area (Å²) in [5.74, 6) is -1.53. The van der Waals surface area contributed by atoms with Gasteiger partial charge in [0.15, 0.2) is 6.54 Å². The number of aliphatic carboxylic acids is 1. The van der Waals surface area contributed by atoms with Crippen molar-refractivity contribution in [2.24, 2.45) is 5.92 Å². The minimum absolute atomic E-state index is 0.0881. The number of ether oxygens (including phenoxy) is 1. The molecule has 6 heteroatoms. The molecule has 0 heterocycles. The summed E-state index contributed by atoms with van der Waals surface area (Å²) in [4.78, 5) is 21.7. The smallest absolute Gasteiger partial charge is 0.359 e. The maximum Gasteiger partial charge on any atom is 0.359 e. The zero-order valence-corrected chi connectivity index (χ0v) is 10.8. The summed E-state index contributed by atoms with van der Waals surface area (Å²) in [5, 5.41) is 18.3. The Balaban J connectivity index is 4.04. The van der Waals surface area contributed by atoms with Crippen LogP contribution in [-0.4, -0.2) is 66.5 Å². The lowest BCUT2D eigenvalue weighted by atomic mass is 10.2. The van der Waals surface area contributed by atoms with Crippen LogP contribution in [0.25, 0.3) is 0 Å². The van der Waals surface area contributed by atoms with E-state index in [4.69, 9.17) is 9.84 Å². The van der Waals surface area contributed by atoms with Crippen LogP contribution in [0.15, 0.2) is 0 Å². The zero-order valence-electron chi connectivity index (χ0n) is 10.8. The van der Waals surface area contributed by atoms with Crippen molar-refractivity contribution in [3.63, 3.8) is 0 Å². The summed E-state index contributed by atoms with van der Waals surface area (Å²) >= 11 is 0. The molecule has 0 saturated heterocycles. The Labute approximate surface area is 101 Å². The quantitative estimate of drug-likeness (QED) is 0.477. The number of carbonyl (C=O) groups excluding carboxylic acids is 1. The molecule has 6 nitrogen and oxygen atoms in total. The van der Waals surface area contributed by atoms with Crippen molar-refractivity contribution in [1.82, 2.24) is 0 Å². The molecule has 0 aromatic heterocycles. The number of aliphatic hydroxyl groups excluding tert-OH is 1. The van der Waals surface area contributed by atoms with Crippen LogP contribution in [0.3, 0.4) is 0 Å². The maximum absolute atomic E-state index is 11.2. The number of hydrogen-bond donors (Lipinski definition) is 2. The number of hydrogen-bond acceptors (Lipinski definition) is 4. The molecule has 0 aliphatic carbocycles. The Kier molecular flexibility index (Phi) is 6.12. The number of carboxylic acids is 1. The summed E-state index contributed by atoms with van der Waals surface area (Å²) in [5.41, 5.74) is 0. The van der Waals surface area contributed by atoms with Gasteiger partial charge in [0.25, 0.3) is 0 Å². The van der Waals surface area contributed by atoms with Crippen molar-refractivity contribution >= 4 is 11.9 Å². The second-order valence-corrected chi connectivity index (χ2v) is 5.11. The molecule has 0 aliphatic heterocycles. The predicted octanol–water partition coefficient (Wildman–Crippen LogP) is -0.292. The van der Waals surface area contributed by atoms with Crippen LogP contribution in [0.4, 0.5) is 0 Å². The average molecular weight is 248 g/mol. The number of carbonyl (C=O) groups is 2. The van der Waals surface area contributed by atoms with Gasteiger partial charge >= 0.3 is 11.9 Å². The Morgan fingerprint density at radius 2 is 1.82 bits per heavy atom. The van der Waals surface area contributed by atoms with Gasteiger partial charge < -0.3 is 19.4 Å². The molecule has 0 bridgehead atoms. The Hall–Kier alpha value is -1.14. The summed E-state index contributed by atoms with van der Waals surface area (Å²) in [7, 11) is 3.39. The van der Waals surface area contributed by atoms with Crippen molar-refractivity contribution in [2.75, 3.05) is 33.8 Å². The number of rotatable bonds is 7. The molecule has 0 amide bonds. The van der Waals surface area contributed by atoms with E-state index in [1.54, 1.807) is 27.9 Å². The molecule has 0 fully saturated rings. The van der Waals surface area contributed by atoms with E-state index in [1.165, 1.54) is 0 Å². The molecule has 0 aromatic carbocycles. The first-order valence-corrected chi connectivity index (χ1v) is 5.52. The molecule has 2 N–H and O–H groups in total. The predicted molar refractivity (Wildman–Crippen MR) is 61.3 cm³/mol. The summed E-state index contributed by atoms with van der Waals surface area (Å²) in [6, 6.07) is 0. The number of likely N-dealkylation sites (N-methyl/N-ethyl adjacent to an activating group) is 1. The normalized spacial score (nSPS) is 13.5. The molecular weight excluding hydrogens is 226 g/mol. The van der Waals surface area contributed by atoms with Crippen molar-refractivity contribution in [3.05, 3.63) is 0 Å². The van der Waals surface area contributed by atoms with Gasteiger partial charge in [0.1, 0.15) is 19.3 Å². The lowest BCUT2D eigenvalue weighted by Crippen LogP contribution is -2.49. The highest BCUT2D eigenvalue weighted by Gasteiger charge is 2.24. The molecule has 0 radical (unpaired) electrons. The fourth-order valence-electron chi connectivity index (χ4n) is 1.40. The third kappa shape index (κ3) is 7.70. The Morgan fingerprint density at radius 3 is 2.24 bits per heavy atom. The van der Waals surface area contributed by atoms with E-state index in [-0.39, 0.29) is 36.1 Å². The van der Waals surface area contributed by atoms with Crippen molar-refractivity contribution in [2.45, 2.75) is 20.0 Å². The van der Waals surface area contributed by atoms with E-state index < -0.39 is 12.1 Å². The number of nitrogens with zero attached hydrogens (tertiary/aromatic N) is 1. The minimum atomic E-state index is -0.929. The lowest BCUT2D eigenvalue weighted by molar-refractivity contribution is -0.886. The Morgan fingerprint density at radius 1 is 1.29 bits per heavy atom. The van der Waals surface area contributed by atoms with E-state index in [1.807, 2.05) is 0 Å². The number of aliphatic hydroxyl groups is 1. The van der Waals surface area contributed by atoms with Gasteiger partial charge in [-0.1, -0.05) is 13.8 Å². The van der Waals surface area contributed by atoms with Gasteiger partial charge in [-0.2, -0.15) is 0 Å². The van der Waals surface area contributed by atoms with Crippen molar-refractivity contribution in [3.8, 4) is 0 Å². The van der Waals surface area contributed by atoms with E-state index >= 15 is 0 Å². The van der Waals surface area contributed by atoms with Crippen LogP contribution >= 0.6 is 0 Å². The van der Waals surface area contributed by atoms with Crippen molar-refractivity contribution in [1.29, 1.82) is 0 Å². The summed E-state index contributed by atoms with van der Waals surface area (Å²) in [6.45, 7) is 3.45. The highest BCUT2D eigenvalue weighted by Crippen LogP contribution is 2.02.